The third kappa shape index (κ3) is 3.09. The van der Waals surface area contributed by atoms with Gasteiger partial charge in [0.2, 0.25) is 0 Å². The number of carbonyl (C=O) groups is 1. The Balaban J connectivity index is 1.88. The van der Waals surface area contributed by atoms with Crippen molar-refractivity contribution in [2.24, 2.45) is 0 Å². The van der Waals surface area contributed by atoms with E-state index in [-0.39, 0.29) is 5.97 Å². The highest BCUT2D eigenvalue weighted by molar-refractivity contribution is 7.98. The van der Waals surface area contributed by atoms with Crippen molar-refractivity contribution in [1.29, 1.82) is 0 Å². The molecule has 22 heavy (non-hydrogen) atoms. The number of hydrogen-bond donors (Lipinski definition) is 0. The molecule has 3 rings (SSSR count). The Labute approximate surface area is 132 Å². The second kappa shape index (κ2) is 6.58. The van der Waals surface area contributed by atoms with Crippen molar-refractivity contribution in [3.8, 4) is 0 Å². The lowest BCUT2D eigenvalue weighted by atomic mass is 10.1. The van der Waals surface area contributed by atoms with Crippen molar-refractivity contribution < 1.29 is 9.53 Å². The van der Waals surface area contributed by atoms with Crippen molar-refractivity contribution in [2.45, 2.75) is 10.6 Å². The minimum atomic E-state index is -0.374. The van der Waals surface area contributed by atoms with Crippen LogP contribution in [0.4, 0.5) is 0 Å². The molecule has 0 amide bonds. The number of ether oxygens (including phenoxy) is 1. The van der Waals surface area contributed by atoms with Gasteiger partial charge in [0.25, 0.3) is 0 Å². The van der Waals surface area contributed by atoms with Crippen LogP contribution < -0.4 is 0 Å². The summed E-state index contributed by atoms with van der Waals surface area (Å²) < 4.78 is 4.73. The van der Waals surface area contributed by atoms with E-state index in [9.17, 15) is 4.79 Å². The van der Waals surface area contributed by atoms with Crippen LogP contribution in [0.3, 0.4) is 0 Å². The maximum atomic E-state index is 11.6. The molecule has 2 aromatic heterocycles. The molecular weight excluding hydrogens is 296 g/mol. The molecule has 0 spiro atoms. The molecule has 0 aliphatic carbocycles. The number of carbonyl (C=O) groups excluding carboxylic acids is 1. The summed E-state index contributed by atoms with van der Waals surface area (Å²) in [6, 6.07) is 13.6. The van der Waals surface area contributed by atoms with Crippen LogP contribution in [-0.2, 0) is 10.5 Å². The van der Waals surface area contributed by atoms with Gasteiger partial charge < -0.3 is 4.74 Å². The molecule has 5 heteroatoms. The summed E-state index contributed by atoms with van der Waals surface area (Å²) in [5.41, 5.74) is 2.37. The number of esters is 1. The number of para-hydroxylation sites is 1. The molecule has 0 fully saturated rings. The Bertz CT molecular complexity index is 806. The fourth-order valence-electron chi connectivity index (χ4n) is 2.11. The van der Waals surface area contributed by atoms with Crippen molar-refractivity contribution in [3.63, 3.8) is 0 Å². The van der Waals surface area contributed by atoms with E-state index < -0.39 is 0 Å². The van der Waals surface area contributed by atoms with Crippen LogP contribution in [0.1, 0.15) is 16.1 Å². The highest BCUT2D eigenvalue weighted by Crippen LogP contribution is 2.29. The van der Waals surface area contributed by atoms with Gasteiger partial charge in [-0.15, -0.1) is 11.8 Å². The fraction of sp³-hybridized carbons (Fsp3) is 0.118. The Morgan fingerprint density at radius 2 is 2.09 bits per heavy atom. The standard InChI is InChI=1S/C17H14N2O2S/c1-21-17(20)13-9-12-5-4-7-15(16(12)19-10-13)22-11-14-6-2-3-8-18-14/h2-10H,11H2,1H3. The predicted molar refractivity (Wildman–Crippen MR) is 86.9 cm³/mol. The normalized spacial score (nSPS) is 10.6. The lowest BCUT2D eigenvalue weighted by molar-refractivity contribution is 0.0600. The third-order valence-corrected chi connectivity index (χ3v) is 4.28. The molecule has 0 aliphatic heterocycles. The SMILES string of the molecule is COC(=O)c1cnc2c(SCc3ccccn3)cccc2c1. The molecule has 0 aliphatic rings. The number of fused-ring (bicyclic) bond motifs is 1. The van der Waals surface area contributed by atoms with Crippen molar-refractivity contribution in [2.75, 3.05) is 7.11 Å². The van der Waals surface area contributed by atoms with Crippen LogP contribution in [0.2, 0.25) is 0 Å². The molecular formula is C17H14N2O2S. The van der Waals surface area contributed by atoms with Gasteiger partial charge in [0.05, 0.1) is 23.9 Å². The van der Waals surface area contributed by atoms with E-state index in [2.05, 4.69) is 9.97 Å². The van der Waals surface area contributed by atoms with Crippen LogP contribution in [0.5, 0.6) is 0 Å². The smallest absolute Gasteiger partial charge is 0.339 e. The van der Waals surface area contributed by atoms with Crippen LogP contribution in [0.25, 0.3) is 10.9 Å². The summed E-state index contributed by atoms with van der Waals surface area (Å²) in [7, 11) is 1.37. The van der Waals surface area contributed by atoms with Gasteiger partial charge >= 0.3 is 5.97 Å². The molecule has 2 heterocycles. The van der Waals surface area contributed by atoms with Crippen LogP contribution >= 0.6 is 11.8 Å². The molecule has 3 aromatic rings. The van der Waals surface area contributed by atoms with Gasteiger partial charge in [-0.05, 0) is 24.3 Å². The summed E-state index contributed by atoms with van der Waals surface area (Å²) in [5, 5.41) is 0.925. The first-order valence-electron chi connectivity index (χ1n) is 6.78. The number of methoxy groups -OCH3 is 1. The van der Waals surface area contributed by atoms with Gasteiger partial charge in [-0.25, -0.2) is 4.79 Å². The topological polar surface area (TPSA) is 52.1 Å². The zero-order valence-corrected chi connectivity index (χ0v) is 12.8. The lowest BCUT2D eigenvalue weighted by Gasteiger charge is -2.06. The van der Waals surface area contributed by atoms with Crippen molar-refractivity contribution in [1.82, 2.24) is 9.97 Å². The Kier molecular flexibility index (Phi) is 4.34. The molecule has 0 N–H and O–H groups in total. The number of aromatic nitrogens is 2. The summed E-state index contributed by atoms with van der Waals surface area (Å²) in [6.45, 7) is 0. The van der Waals surface area contributed by atoms with E-state index in [1.807, 2.05) is 36.4 Å². The van der Waals surface area contributed by atoms with Gasteiger partial charge in [0, 0.05) is 28.4 Å². The number of pyridine rings is 2. The molecule has 0 radical (unpaired) electrons. The molecule has 0 saturated carbocycles. The highest BCUT2D eigenvalue weighted by Gasteiger charge is 2.09. The largest absolute Gasteiger partial charge is 0.465 e. The highest BCUT2D eigenvalue weighted by atomic mass is 32.2. The molecule has 1 aromatic carbocycles. The van der Waals surface area contributed by atoms with E-state index in [1.165, 1.54) is 7.11 Å². The quantitative estimate of drug-likeness (QED) is 0.543. The maximum Gasteiger partial charge on any atom is 0.339 e. The zero-order valence-electron chi connectivity index (χ0n) is 12.0. The third-order valence-electron chi connectivity index (χ3n) is 3.20. The molecule has 110 valence electrons. The zero-order chi connectivity index (χ0) is 15.4. The van der Waals surface area contributed by atoms with Crippen molar-refractivity contribution >= 4 is 28.6 Å². The second-order valence-electron chi connectivity index (χ2n) is 4.65. The van der Waals surface area contributed by atoms with Crippen LogP contribution in [0.15, 0.2) is 59.8 Å². The van der Waals surface area contributed by atoms with E-state index in [1.54, 1.807) is 30.2 Å². The predicted octanol–water partition coefficient (Wildman–Crippen LogP) is 3.71. The summed E-state index contributed by atoms with van der Waals surface area (Å²) in [6.07, 6.45) is 3.35. The molecule has 0 atom stereocenters. The van der Waals surface area contributed by atoms with E-state index in [0.29, 0.717) is 5.56 Å². The van der Waals surface area contributed by atoms with E-state index in [4.69, 9.17) is 4.74 Å². The second-order valence-corrected chi connectivity index (χ2v) is 5.67. The molecule has 4 nitrogen and oxygen atoms in total. The number of nitrogens with zero attached hydrogens (tertiary/aromatic N) is 2. The number of benzene rings is 1. The van der Waals surface area contributed by atoms with Gasteiger partial charge in [0.15, 0.2) is 0 Å². The van der Waals surface area contributed by atoms with Gasteiger partial charge in [0.1, 0.15) is 0 Å². The molecule has 0 saturated heterocycles. The van der Waals surface area contributed by atoms with Gasteiger partial charge in [-0.2, -0.15) is 0 Å². The van der Waals surface area contributed by atoms with Crippen LogP contribution in [0, 0.1) is 0 Å². The first kappa shape index (κ1) is 14.5. The summed E-state index contributed by atoms with van der Waals surface area (Å²) in [5.74, 6) is 0.404. The first-order chi connectivity index (χ1) is 10.8. The fourth-order valence-corrected chi connectivity index (χ4v) is 3.07. The molecule has 0 bridgehead atoms. The van der Waals surface area contributed by atoms with Gasteiger partial charge in [-0.3, -0.25) is 9.97 Å². The van der Waals surface area contributed by atoms with Crippen LogP contribution in [-0.4, -0.2) is 23.0 Å². The minimum absolute atomic E-state index is 0.374. The minimum Gasteiger partial charge on any atom is -0.465 e. The summed E-state index contributed by atoms with van der Waals surface area (Å²) >= 11 is 1.68. The van der Waals surface area contributed by atoms with E-state index in [0.717, 1.165) is 27.2 Å². The Hall–Kier alpha value is -2.40. The van der Waals surface area contributed by atoms with E-state index >= 15 is 0 Å². The maximum absolute atomic E-state index is 11.6. The average Bonchev–Trinajstić information content (AvgIpc) is 2.59. The summed E-state index contributed by atoms with van der Waals surface area (Å²) in [4.78, 5) is 21.4. The number of hydrogen-bond acceptors (Lipinski definition) is 5. The van der Waals surface area contributed by atoms with Crippen molar-refractivity contribution in [3.05, 3.63) is 66.1 Å². The lowest BCUT2D eigenvalue weighted by Crippen LogP contribution is -2.01. The Morgan fingerprint density at radius 1 is 1.18 bits per heavy atom. The Morgan fingerprint density at radius 3 is 2.86 bits per heavy atom. The number of thioether (sulfide) groups is 1. The monoisotopic (exact) mass is 310 g/mol. The first-order valence-corrected chi connectivity index (χ1v) is 7.76. The average molecular weight is 310 g/mol. The number of rotatable bonds is 4. The van der Waals surface area contributed by atoms with Gasteiger partial charge in [-0.1, -0.05) is 18.2 Å². The molecule has 0 unspecified atom stereocenters.